The van der Waals surface area contributed by atoms with Gasteiger partial charge in [-0.15, -0.1) is 0 Å². The number of nitrogens with zero attached hydrogens (tertiary/aromatic N) is 1. The predicted octanol–water partition coefficient (Wildman–Crippen LogP) is 4.87. The Morgan fingerprint density at radius 1 is 1.14 bits per heavy atom. The van der Waals surface area contributed by atoms with Crippen LogP contribution in [0, 0.1) is 11.3 Å². The average molecular weight is 283 g/mol. The molecule has 21 heavy (non-hydrogen) atoms. The second kappa shape index (κ2) is 5.76. The molecule has 112 valence electrons. The molecule has 1 N–H and O–H groups in total. The lowest BCUT2D eigenvalue weighted by atomic mass is 9.71. The molecule has 1 aromatic heterocycles. The summed E-state index contributed by atoms with van der Waals surface area (Å²) in [4.78, 5) is 4.36. The summed E-state index contributed by atoms with van der Waals surface area (Å²) < 4.78 is 0. The Balaban J connectivity index is 2.04. The van der Waals surface area contributed by atoms with E-state index < -0.39 is 6.10 Å². The van der Waals surface area contributed by atoms with Crippen LogP contribution in [0.5, 0.6) is 0 Å². The Kier molecular flexibility index (Phi) is 3.99. The first-order valence-electron chi connectivity index (χ1n) is 8.13. The smallest absolute Gasteiger partial charge is 0.0867 e. The summed E-state index contributed by atoms with van der Waals surface area (Å²) in [6.45, 7) is 4.52. The van der Waals surface area contributed by atoms with Gasteiger partial charge in [0, 0.05) is 28.8 Å². The number of benzene rings is 1. The van der Waals surface area contributed by atoms with Crippen molar-refractivity contribution in [3.63, 3.8) is 0 Å². The number of pyridine rings is 1. The van der Waals surface area contributed by atoms with Gasteiger partial charge >= 0.3 is 0 Å². The fourth-order valence-electron chi connectivity index (χ4n) is 4.17. The highest BCUT2D eigenvalue weighted by Crippen LogP contribution is 2.52. The minimum Gasteiger partial charge on any atom is -0.388 e. The number of aliphatic hydroxyl groups excluding tert-OH is 1. The average Bonchev–Trinajstić information content (AvgIpc) is 2.95. The summed E-state index contributed by atoms with van der Waals surface area (Å²) in [5, 5.41) is 13.4. The zero-order valence-corrected chi connectivity index (χ0v) is 13.0. The van der Waals surface area contributed by atoms with Crippen LogP contribution in [0.4, 0.5) is 0 Å². The maximum Gasteiger partial charge on any atom is 0.0867 e. The fourth-order valence-corrected chi connectivity index (χ4v) is 4.17. The predicted molar refractivity (Wildman–Crippen MR) is 87.1 cm³/mol. The van der Waals surface area contributed by atoms with Gasteiger partial charge in [0.15, 0.2) is 0 Å². The van der Waals surface area contributed by atoms with Crippen LogP contribution in [0.2, 0.25) is 0 Å². The van der Waals surface area contributed by atoms with Gasteiger partial charge < -0.3 is 5.11 Å². The zero-order valence-electron chi connectivity index (χ0n) is 13.0. The molecule has 1 atom stereocenters. The van der Waals surface area contributed by atoms with E-state index in [1.54, 1.807) is 0 Å². The van der Waals surface area contributed by atoms with Gasteiger partial charge in [0.25, 0.3) is 0 Å². The van der Waals surface area contributed by atoms with Gasteiger partial charge in [-0.25, -0.2) is 0 Å². The fraction of sp³-hybridized carbons (Fsp3) is 0.526. The van der Waals surface area contributed by atoms with Crippen molar-refractivity contribution >= 4 is 10.8 Å². The molecule has 2 aromatic rings. The minimum absolute atomic E-state index is 0.0416. The molecule has 1 unspecified atom stereocenters. The molecule has 1 fully saturated rings. The highest BCUT2D eigenvalue weighted by molar-refractivity contribution is 5.85. The Hall–Kier alpha value is -1.41. The summed E-state index contributed by atoms with van der Waals surface area (Å²) in [6, 6.07) is 8.25. The lowest BCUT2D eigenvalue weighted by Crippen LogP contribution is -2.28. The first-order valence-corrected chi connectivity index (χ1v) is 8.13. The van der Waals surface area contributed by atoms with Crippen LogP contribution in [0.3, 0.4) is 0 Å². The van der Waals surface area contributed by atoms with Crippen LogP contribution < -0.4 is 0 Å². The largest absolute Gasteiger partial charge is 0.388 e. The van der Waals surface area contributed by atoms with Gasteiger partial charge in [0.05, 0.1) is 6.10 Å². The van der Waals surface area contributed by atoms with Crippen molar-refractivity contribution in [1.29, 1.82) is 0 Å². The Morgan fingerprint density at radius 3 is 2.57 bits per heavy atom. The molecule has 1 heterocycles. The molecule has 0 spiro atoms. The van der Waals surface area contributed by atoms with E-state index in [0.717, 1.165) is 35.6 Å². The summed E-state index contributed by atoms with van der Waals surface area (Å²) in [6.07, 6.45) is 9.19. The van der Waals surface area contributed by atoms with Gasteiger partial charge in [-0.2, -0.15) is 0 Å². The standard InChI is InChI=1S/C19H25NO/c1-14(2)11-19(9-5-6-10-19)18(21)17-13-20-12-15-7-3-4-8-16(15)17/h3-4,7-8,12-14,18,21H,5-6,9-11H2,1-2H3. The highest BCUT2D eigenvalue weighted by atomic mass is 16.3. The maximum atomic E-state index is 11.2. The van der Waals surface area contributed by atoms with Gasteiger partial charge in [-0.1, -0.05) is 51.0 Å². The number of rotatable bonds is 4. The summed E-state index contributed by atoms with van der Waals surface area (Å²) in [5.41, 5.74) is 1.05. The van der Waals surface area contributed by atoms with Crippen molar-refractivity contribution in [3.8, 4) is 0 Å². The maximum absolute atomic E-state index is 11.2. The number of aliphatic hydroxyl groups is 1. The zero-order chi connectivity index (χ0) is 14.9. The van der Waals surface area contributed by atoms with Crippen LogP contribution >= 0.6 is 0 Å². The Labute approximate surface area is 127 Å². The molecular weight excluding hydrogens is 258 g/mol. The number of hydrogen-bond acceptors (Lipinski definition) is 2. The van der Waals surface area contributed by atoms with E-state index in [0.29, 0.717) is 5.92 Å². The highest BCUT2D eigenvalue weighted by Gasteiger charge is 2.42. The SMILES string of the molecule is CC(C)CC1(C(O)c2cncc3ccccc23)CCCC1. The topological polar surface area (TPSA) is 33.1 Å². The molecule has 1 aliphatic carbocycles. The summed E-state index contributed by atoms with van der Waals surface area (Å²) in [5.74, 6) is 0.612. The molecule has 1 saturated carbocycles. The van der Waals surface area contributed by atoms with E-state index in [-0.39, 0.29) is 5.41 Å². The molecule has 2 heteroatoms. The van der Waals surface area contributed by atoms with Crippen LogP contribution in [0.25, 0.3) is 10.8 Å². The van der Waals surface area contributed by atoms with Crippen molar-refractivity contribution in [2.75, 3.05) is 0 Å². The van der Waals surface area contributed by atoms with Crippen LogP contribution in [0.1, 0.15) is 57.6 Å². The van der Waals surface area contributed by atoms with Gasteiger partial charge in [-0.05, 0) is 30.6 Å². The molecule has 0 amide bonds. The van der Waals surface area contributed by atoms with Crippen molar-refractivity contribution in [2.24, 2.45) is 11.3 Å². The van der Waals surface area contributed by atoms with E-state index >= 15 is 0 Å². The van der Waals surface area contributed by atoms with Gasteiger partial charge in [-0.3, -0.25) is 4.98 Å². The number of fused-ring (bicyclic) bond motifs is 1. The molecule has 0 radical (unpaired) electrons. The van der Waals surface area contributed by atoms with Crippen LogP contribution in [-0.2, 0) is 0 Å². The first kappa shape index (κ1) is 14.5. The van der Waals surface area contributed by atoms with E-state index in [2.05, 4.69) is 31.0 Å². The first-order chi connectivity index (χ1) is 10.1. The third-order valence-corrected chi connectivity index (χ3v) is 4.99. The van der Waals surface area contributed by atoms with Crippen LogP contribution in [-0.4, -0.2) is 10.1 Å². The molecule has 0 aliphatic heterocycles. The minimum atomic E-state index is -0.402. The van der Waals surface area contributed by atoms with Gasteiger partial charge in [0.2, 0.25) is 0 Å². The van der Waals surface area contributed by atoms with Crippen molar-refractivity contribution in [3.05, 3.63) is 42.2 Å². The Bertz CT molecular complexity index is 608. The van der Waals surface area contributed by atoms with Crippen molar-refractivity contribution < 1.29 is 5.11 Å². The molecular formula is C19H25NO. The second-order valence-electron chi connectivity index (χ2n) is 7.02. The van der Waals surface area contributed by atoms with Crippen molar-refractivity contribution in [2.45, 2.75) is 52.1 Å². The third kappa shape index (κ3) is 2.69. The molecule has 0 saturated heterocycles. The quantitative estimate of drug-likeness (QED) is 0.868. The lowest BCUT2D eigenvalue weighted by molar-refractivity contribution is 0.0120. The molecule has 0 bridgehead atoms. The van der Waals surface area contributed by atoms with Crippen LogP contribution in [0.15, 0.2) is 36.7 Å². The van der Waals surface area contributed by atoms with Gasteiger partial charge in [0.1, 0.15) is 0 Å². The normalized spacial score (nSPS) is 19.2. The van der Waals surface area contributed by atoms with Crippen molar-refractivity contribution in [1.82, 2.24) is 4.98 Å². The Morgan fingerprint density at radius 2 is 1.86 bits per heavy atom. The van der Waals surface area contributed by atoms with E-state index in [4.69, 9.17) is 0 Å². The monoisotopic (exact) mass is 283 g/mol. The second-order valence-corrected chi connectivity index (χ2v) is 7.02. The summed E-state index contributed by atoms with van der Waals surface area (Å²) >= 11 is 0. The van der Waals surface area contributed by atoms with E-state index in [9.17, 15) is 5.11 Å². The number of hydrogen-bond donors (Lipinski definition) is 1. The molecule has 1 aromatic carbocycles. The summed E-state index contributed by atoms with van der Waals surface area (Å²) in [7, 11) is 0. The number of aromatic nitrogens is 1. The lowest BCUT2D eigenvalue weighted by Gasteiger charge is -2.36. The van der Waals surface area contributed by atoms with E-state index in [1.165, 1.54) is 12.8 Å². The van der Waals surface area contributed by atoms with E-state index in [1.807, 2.05) is 24.5 Å². The third-order valence-electron chi connectivity index (χ3n) is 4.99. The molecule has 3 rings (SSSR count). The molecule has 2 nitrogen and oxygen atoms in total. The molecule has 1 aliphatic rings.